The molecule has 0 spiro atoms. The molecule has 28 heavy (non-hydrogen) atoms. The second kappa shape index (κ2) is 8.20. The summed E-state index contributed by atoms with van der Waals surface area (Å²) in [7, 11) is 0. The Bertz CT molecular complexity index is 937. The molecule has 2 aromatic heterocycles. The molecule has 3 heterocycles. The molecular weight excluding hydrogens is 376 g/mol. The van der Waals surface area contributed by atoms with Gasteiger partial charge in [-0.15, -0.1) is 0 Å². The highest BCUT2D eigenvalue weighted by atomic mass is 35.5. The Morgan fingerprint density at radius 2 is 2.11 bits per heavy atom. The van der Waals surface area contributed by atoms with Crippen LogP contribution in [-0.2, 0) is 17.9 Å². The second-order valence-electron chi connectivity index (χ2n) is 7.03. The first kappa shape index (κ1) is 18.8. The molecule has 1 N–H and O–H groups in total. The van der Waals surface area contributed by atoms with Crippen molar-refractivity contribution in [1.82, 2.24) is 20.0 Å². The quantitative estimate of drug-likeness (QED) is 0.687. The number of amides is 1. The van der Waals surface area contributed by atoms with Crippen LogP contribution in [0.4, 0.5) is 0 Å². The van der Waals surface area contributed by atoms with Crippen molar-refractivity contribution in [2.24, 2.45) is 0 Å². The zero-order chi connectivity index (χ0) is 19.5. The summed E-state index contributed by atoms with van der Waals surface area (Å²) < 4.78 is 7.05. The number of carbonyl (C=O) groups excluding carboxylic acids is 1. The standard InChI is InChI=1S/C21H23ClN4O2/c1-15-18(20(22)26(24-15)16-7-3-2-4-8-16)14-25-11-5-10-19(25)21(27)23-13-17-9-6-12-28-17/h2-4,6-9,12,19H,5,10-11,13-14H2,1H3,(H,23,27). The van der Waals surface area contributed by atoms with E-state index in [1.165, 1.54) is 0 Å². The summed E-state index contributed by atoms with van der Waals surface area (Å²) in [5.41, 5.74) is 2.78. The topological polar surface area (TPSA) is 63.3 Å². The Morgan fingerprint density at radius 1 is 1.29 bits per heavy atom. The number of carbonyl (C=O) groups is 1. The van der Waals surface area contributed by atoms with Gasteiger partial charge in [0.2, 0.25) is 5.91 Å². The van der Waals surface area contributed by atoms with E-state index in [2.05, 4.69) is 15.3 Å². The van der Waals surface area contributed by atoms with E-state index in [4.69, 9.17) is 16.0 Å². The van der Waals surface area contributed by atoms with Crippen LogP contribution in [0, 0.1) is 6.92 Å². The predicted molar refractivity (Wildman–Crippen MR) is 107 cm³/mol. The highest BCUT2D eigenvalue weighted by Gasteiger charge is 2.32. The van der Waals surface area contributed by atoms with Gasteiger partial charge in [-0.2, -0.15) is 5.10 Å². The van der Waals surface area contributed by atoms with Crippen molar-refractivity contribution in [2.75, 3.05) is 6.54 Å². The lowest BCUT2D eigenvalue weighted by molar-refractivity contribution is -0.125. The van der Waals surface area contributed by atoms with Gasteiger partial charge in [0.15, 0.2) is 0 Å². The Hall–Kier alpha value is -2.57. The number of furan rings is 1. The van der Waals surface area contributed by atoms with Crippen molar-refractivity contribution in [1.29, 1.82) is 0 Å². The van der Waals surface area contributed by atoms with Gasteiger partial charge < -0.3 is 9.73 Å². The number of aromatic nitrogens is 2. The van der Waals surface area contributed by atoms with Crippen molar-refractivity contribution >= 4 is 17.5 Å². The highest BCUT2D eigenvalue weighted by molar-refractivity contribution is 6.30. The lowest BCUT2D eigenvalue weighted by Gasteiger charge is -2.23. The normalized spacial score (nSPS) is 17.1. The van der Waals surface area contributed by atoms with Crippen LogP contribution in [0.1, 0.15) is 29.9 Å². The van der Waals surface area contributed by atoms with Gasteiger partial charge in [-0.1, -0.05) is 29.8 Å². The van der Waals surface area contributed by atoms with Crippen molar-refractivity contribution in [3.63, 3.8) is 0 Å². The van der Waals surface area contributed by atoms with Crippen LogP contribution >= 0.6 is 11.6 Å². The fourth-order valence-electron chi connectivity index (χ4n) is 3.67. The van der Waals surface area contributed by atoms with Gasteiger partial charge in [-0.05, 0) is 50.6 Å². The molecule has 1 saturated heterocycles. The summed E-state index contributed by atoms with van der Waals surface area (Å²) in [5, 5.41) is 8.18. The first-order chi connectivity index (χ1) is 13.6. The van der Waals surface area contributed by atoms with E-state index in [-0.39, 0.29) is 11.9 Å². The number of hydrogen-bond acceptors (Lipinski definition) is 4. The number of nitrogens with zero attached hydrogens (tertiary/aromatic N) is 3. The predicted octanol–water partition coefficient (Wildman–Crippen LogP) is 3.71. The molecule has 0 radical (unpaired) electrons. The minimum absolute atomic E-state index is 0.0260. The van der Waals surface area contributed by atoms with E-state index in [1.807, 2.05) is 49.4 Å². The van der Waals surface area contributed by atoms with Crippen LogP contribution in [0.5, 0.6) is 0 Å². The minimum atomic E-state index is -0.162. The fraction of sp³-hybridized carbons (Fsp3) is 0.333. The third-order valence-corrected chi connectivity index (χ3v) is 5.56. The zero-order valence-electron chi connectivity index (χ0n) is 15.8. The third kappa shape index (κ3) is 3.84. The SMILES string of the molecule is Cc1nn(-c2ccccc2)c(Cl)c1CN1CCCC1C(=O)NCc1ccco1. The van der Waals surface area contributed by atoms with Crippen LogP contribution in [0.15, 0.2) is 53.1 Å². The molecule has 1 atom stereocenters. The number of rotatable bonds is 6. The number of benzene rings is 1. The molecule has 7 heteroatoms. The zero-order valence-corrected chi connectivity index (χ0v) is 16.5. The lowest BCUT2D eigenvalue weighted by Crippen LogP contribution is -2.42. The number of likely N-dealkylation sites (tertiary alicyclic amines) is 1. The molecule has 1 amide bonds. The van der Waals surface area contributed by atoms with Gasteiger partial charge in [0.25, 0.3) is 0 Å². The molecule has 0 saturated carbocycles. The van der Waals surface area contributed by atoms with Gasteiger partial charge in [0.1, 0.15) is 10.9 Å². The van der Waals surface area contributed by atoms with Crippen LogP contribution in [0.3, 0.4) is 0 Å². The van der Waals surface area contributed by atoms with E-state index >= 15 is 0 Å². The molecule has 1 unspecified atom stereocenters. The molecule has 4 rings (SSSR count). The molecule has 1 aromatic carbocycles. The number of hydrogen-bond donors (Lipinski definition) is 1. The largest absolute Gasteiger partial charge is 0.467 e. The summed E-state index contributed by atoms with van der Waals surface area (Å²) in [6, 6.07) is 13.3. The first-order valence-electron chi connectivity index (χ1n) is 9.47. The summed E-state index contributed by atoms with van der Waals surface area (Å²) >= 11 is 6.66. The molecule has 3 aromatic rings. The van der Waals surface area contributed by atoms with E-state index in [1.54, 1.807) is 10.9 Å². The summed E-state index contributed by atoms with van der Waals surface area (Å²) in [5.74, 6) is 0.777. The number of aryl methyl sites for hydroxylation is 1. The van der Waals surface area contributed by atoms with Gasteiger partial charge in [-0.25, -0.2) is 4.68 Å². The molecule has 6 nitrogen and oxygen atoms in total. The maximum atomic E-state index is 12.7. The lowest BCUT2D eigenvalue weighted by atomic mass is 10.2. The first-order valence-corrected chi connectivity index (χ1v) is 9.85. The molecule has 1 aliphatic heterocycles. The van der Waals surface area contributed by atoms with Crippen LogP contribution < -0.4 is 5.32 Å². The van der Waals surface area contributed by atoms with E-state index in [0.717, 1.165) is 42.1 Å². The molecule has 0 bridgehead atoms. The van der Waals surface area contributed by atoms with Crippen LogP contribution in [0.25, 0.3) is 5.69 Å². The van der Waals surface area contributed by atoms with Gasteiger partial charge in [-0.3, -0.25) is 9.69 Å². The van der Waals surface area contributed by atoms with E-state index in [0.29, 0.717) is 18.2 Å². The Kier molecular flexibility index (Phi) is 5.50. The minimum Gasteiger partial charge on any atom is -0.467 e. The Morgan fingerprint density at radius 3 is 2.86 bits per heavy atom. The van der Waals surface area contributed by atoms with Gasteiger partial charge in [0, 0.05) is 12.1 Å². The Labute approximate surface area is 169 Å². The van der Waals surface area contributed by atoms with Gasteiger partial charge in [0.05, 0.1) is 30.2 Å². The summed E-state index contributed by atoms with van der Waals surface area (Å²) in [6.45, 7) is 3.84. The smallest absolute Gasteiger partial charge is 0.237 e. The van der Waals surface area contributed by atoms with Gasteiger partial charge >= 0.3 is 0 Å². The number of nitrogens with one attached hydrogen (secondary N) is 1. The summed E-state index contributed by atoms with van der Waals surface area (Å²) in [4.78, 5) is 14.9. The van der Waals surface area contributed by atoms with E-state index in [9.17, 15) is 4.79 Å². The average molecular weight is 399 g/mol. The maximum absolute atomic E-state index is 12.7. The summed E-state index contributed by atoms with van der Waals surface area (Å²) in [6.07, 6.45) is 3.44. The monoisotopic (exact) mass is 398 g/mol. The second-order valence-corrected chi connectivity index (χ2v) is 7.39. The van der Waals surface area contributed by atoms with Crippen molar-refractivity contribution in [3.8, 4) is 5.69 Å². The van der Waals surface area contributed by atoms with Crippen molar-refractivity contribution < 1.29 is 9.21 Å². The van der Waals surface area contributed by atoms with Crippen LogP contribution in [0.2, 0.25) is 5.15 Å². The van der Waals surface area contributed by atoms with E-state index < -0.39 is 0 Å². The number of halogens is 1. The molecule has 146 valence electrons. The Balaban J connectivity index is 1.47. The fourth-order valence-corrected chi connectivity index (χ4v) is 4.00. The molecule has 0 aliphatic carbocycles. The molecular formula is C21H23ClN4O2. The van der Waals surface area contributed by atoms with Crippen molar-refractivity contribution in [2.45, 2.75) is 38.9 Å². The average Bonchev–Trinajstić information content (AvgIpc) is 3.44. The maximum Gasteiger partial charge on any atom is 0.237 e. The third-order valence-electron chi connectivity index (χ3n) is 5.17. The van der Waals surface area contributed by atoms with Crippen LogP contribution in [-0.4, -0.2) is 33.2 Å². The highest BCUT2D eigenvalue weighted by Crippen LogP contribution is 2.28. The molecule has 1 aliphatic rings. The number of para-hydroxylation sites is 1. The molecule has 1 fully saturated rings. The van der Waals surface area contributed by atoms with Crippen molar-refractivity contribution in [3.05, 3.63) is 70.9 Å².